The lowest BCUT2D eigenvalue weighted by molar-refractivity contribution is -0.122. The summed E-state index contributed by atoms with van der Waals surface area (Å²) in [6.07, 6.45) is 1.27. The predicted octanol–water partition coefficient (Wildman–Crippen LogP) is 0.920. The van der Waals surface area contributed by atoms with Crippen molar-refractivity contribution in [1.82, 2.24) is 20.4 Å². The molecule has 0 aromatic heterocycles. The highest BCUT2D eigenvalue weighted by Crippen LogP contribution is 2.26. The minimum atomic E-state index is 0.124. The maximum Gasteiger partial charge on any atom is 0.234 e. The van der Waals surface area contributed by atoms with Crippen LogP contribution in [0.1, 0.15) is 18.9 Å². The Balaban J connectivity index is 1.35. The second-order valence-electron chi connectivity index (χ2n) is 7.55. The standard InChI is InChI=1S/C19H30N4O/c1-19(7-8-20-15-19)16-23-11-9-22(10-12-23)14-18(24)21-13-17-5-3-2-4-6-17/h2-6,20H,7-16H2,1H3,(H,21,24). The molecule has 2 aliphatic heterocycles. The van der Waals surface area contributed by atoms with Gasteiger partial charge in [0.2, 0.25) is 5.91 Å². The second-order valence-corrected chi connectivity index (χ2v) is 7.55. The van der Waals surface area contributed by atoms with E-state index in [1.54, 1.807) is 0 Å². The molecule has 5 heteroatoms. The summed E-state index contributed by atoms with van der Waals surface area (Å²) in [5.74, 6) is 0.124. The van der Waals surface area contributed by atoms with E-state index in [2.05, 4.69) is 27.4 Å². The van der Waals surface area contributed by atoms with Crippen molar-refractivity contribution in [2.75, 3.05) is 52.4 Å². The normalized spacial score (nSPS) is 25.7. The topological polar surface area (TPSA) is 47.6 Å². The minimum absolute atomic E-state index is 0.124. The van der Waals surface area contributed by atoms with Gasteiger partial charge in [0.25, 0.3) is 0 Å². The Kier molecular flexibility index (Phi) is 5.87. The zero-order valence-corrected chi connectivity index (χ0v) is 14.8. The molecule has 0 saturated carbocycles. The van der Waals surface area contributed by atoms with Crippen molar-refractivity contribution in [3.05, 3.63) is 35.9 Å². The number of hydrogen-bond acceptors (Lipinski definition) is 4. The number of rotatable bonds is 6. The molecule has 0 radical (unpaired) electrons. The molecule has 2 fully saturated rings. The summed E-state index contributed by atoms with van der Waals surface area (Å²) in [5.41, 5.74) is 1.57. The largest absolute Gasteiger partial charge is 0.351 e. The van der Waals surface area contributed by atoms with E-state index in [9.17, 15) is 4.79 Å². The van der Waals surface area contributed by atoms with Crippen LogP contribution < -0.4 is 10.6 Å². The van der Waals surface area contributed by atoms with Crippen LogP contribution >= 0.6 is 0 Å². The van der Waals surface area contributed by atoms with Crippen LogP contribution in [0, 0.1) is 5.41 Å². The summed E-state index contributed by atoms with van der Waals surface area (Å²) in [5, 5.41) is 6.49. The van der Waals surface area contributed by atoms with Gasteiger partial charge in [0, 0.05) is 45.8 Å². The van der Waals surface area contributed by atoms with Gasteiger partial charge >= 0.3 is 0 Å². The first-order chi connectivity index (χ1) is 11.6. The third kappa shape index (κ3) is 5.03. The summed E-state index contributed by atoms with van der Waals surface area (Å²) < 4.78 is 0. The van der Waals surface area contributed by atoms with E-state index in [0.717, 1.165) is 44.8 Å². The summed E-state index contributed by atoms with van der Waals surface area (Å²) in [4.78, 5) is 17.0. The summed E-state index contributed by atoms with van der Waals surface area (Å²) in [6, 6.07) is 10.1. The number of nitrogens with zero attached hydrogens (tertiary/aromatic N) is 2. The van der Waals surface area contributed by atoms with Crippen molar-refractivity contribution in [2.45, 2.75) is 19.9 Å². The van der Waals surface area contributed by atoms with Gasteiger partial charge < -0.3 is 15.5 Å². The lowest BCUT2D eigenvalue weighted by Gasteiger charge is -2.38. The Hall–Kier alpha value is -1.43. The maximum atomic E-state index is 12.1. The van der Waals surface area contributed by atoms with Gasteiger partial charge in [0.15, 0.2) is 0 Å². The quantitative estimate of drug-likeness (QED) is 0.814. The first kappa shape index (κ1) is 17.4. The molecule has 1 atom stereocenters. The second kappa shape index (κ2) is 8.10. The van der Waals surface area contributed by atoms with E-state index >= 15 is 0 Å². The molecule has 2 saturated heterocycles. The van der Waals surface area contributed by atoms with Crippen molar-refractivity contribution in [2.24, 2.45) is 5.41 Å². The van der Waals surface area contributed by atoms with Crippen molar-refractivity contribution in [3.8, 4) is 0 Å². The number of carbonyl (C=O) groups excluding carboxylic acids is 1. The molecule has 2 aliphatic rings. The fraction of sp³-hybridized carbons (Fsp3) is 0.632. The van der Waals surface area contributed by atoms with E-state index in [1.165, 1.54) is 13.0 Å². The van der Waals surface area contributed by atoms with Crippen molar-refractivity contribution in [3.63, 3.8) is 0 Å². The van der Waals surface area contributed by atoms with Crippen molar-refractivity contribution < 1.29 is 4.79 Å². The first-order valence-electron chi connectivity index (χ1n) is 9.09. The molecular weight excluding hydrogens is 300 g/mol. The molecule has 0 aliphatic carbocycles. The van der Waals surface area contributed by atoms with Crippen molar-refractivity contribution >= 4 is 5.91 Å². The van der Waals surface area contributed by atoms with Crippen molar-refractivity contribution in [1.29, 1.82) is 0 Å². The molecule has 24 heavy (non-hydrogen) atoms. The minimum Gasteiger partial charge on any atom is -0.351 e. The van der Waals surface area contributed by atoms with Crippen LogP contribution in [0.3, 0.4) is 0 Å². The average Bonchev–Trinajstić information content (AvgIpc) is 3.02. The van der Waals surface area contributed by atoms with Gasteiger partial charge in [-0.05, 0) is 23.9 Å². The van der Waals surface area contributed by atoms with Crippen LogP contribution in [-0.2, 0) is 11.3 Å². The molecular formula is C19H30N4O. The molecule has 1 amide bonds. The molecule has 5 nitrogen and oxygen atoms in total. The fourth-order valence-corrected chi connectivity index (χ4v) is 3.70. The average molecular weight is 330 g/mol. The van der Waals surface area contributed by atoms with Gasteiger partial charge in [0.05, 0.1) is 6.54 Å². The summed E-state index contributed by atoms with van der Waals surface area (Å²) in [6.45, 7) is 11.1. The van der Waals surface area contributed by atoms with Gasteiger partial charge in [-0.1, -0.05) is 37.3 Å². The number of piperazine rings is 1. The van der Waals surface area contributed by atoms with E-state index in [1.807, 2.05) is 30.3 Å². The van der Waals surface area contributed by atoms with Crippen LogP contribution in [0.4, 0.5) is 0 Å². The Morgan fingerprint density at radius 3 is 2.54 bits per heavy atom. The van der Waals surface area contributed by atoms with E-state index < -0.39 is 0 Å². The molecule has 2 heterocycles. The third-order valence-corrected chi connectivity index (χ3v) is 5.23. The Labute approximate surface area is 145 Å². The van der Waals surface area contributed by atoms with Crippen LogP contribution in [0.15, 0.2) is 30.3 Å². The molecule has 1 aromatic carbocycles. The number of amides is 1. The van der Waals surface area contributed by atoms with E-state index in [0.29, 0.717) is 18.5 Å². The zero-order chi connectivity index (χ0) is 16.8. The van der Waals surface area contributed by atoms with Crippen LogP contribution in [0.2, 0.25) is 0 Å². The predicted molar refractivity (Wildman–Crippen MR) is 96.8 cm³/mol. The monoisotopic (exact) mass is 330 g/mol. The maximum absolute atomic E-state index is 12.1. The van der Waals surface area contributed by atoms with E-state index in [-0.39, 0.29) is 5.91 Å². The van der Waals surface area contributed by atoms with E-state index in [4.69, 9.17) is 0 Å². The molecule has 1 aromatic rings. The van der Waals surface area contributed by atoms with Gasteiger partial charge in [-0.2, -0.15) is 0 Å². The third-order valence-electron chi connectivity index (χ3n) is 5.23. The zero-order valence-electron chi connectivity index (χ0n) is 14.8. The molecule has 1 unspecified atom stereocenters. The smallest absolute Gasteiger partial charge is 0.234 e. The summed E-state index contributed by atoms with van der Waals surface area (Å²) >= 11 is 0. The van der Waals surface area contributed by atoms with Gasteiger partial charge in [-0.25, -0.2) is 0 Å². The van der Waals surface area contributed by atoms with Gasteiger partial charge in [-0.3, -0.25) is 9.69 Å². The molecule has 3 rings (SSSR count). The highest BCUT2D eigenvalue weighted by atomic mass is 16.2. The molecule has 0 bridgehead atoms. The fourth-order valence-electron chi connectivity index (χ4n) is 3.70. The van der Waals surface area contributed by atoms with Crippen LogP contribution in [0.25, 0.3) is 0 Å². The Morgan fingerprint density at radius 1 is 1.17 bits per heavy atom. The van der Waals surface area contributed by atoms with Gasteiger partial charge in [0.1, 0.15) is 0 Å². The van der Waals surface area contributed by atoms with Crippen LogP contribution in [-0.4, -0.2) is 68.1 Å². The Bertz CT molecular complexity index is 519. The number of benzene rings is 1. The van der Waals surface area contributed by atoms with Crippen LogP contribution in [0.5, 0.6) is 0 Å². The number of carbonyl (C=O) groups is 1. The molecule has 0 spiro atoms. The number of nitrogens with one attached hydrogen (secondary N) is 2. The lowest BCUT2D eigenvalue weighted by atomic mass is 9.89. The van der Waals surface area contributed by atoms with Gasteiger partial charge in [-0.15, -0.1) is 0 Å². The molecule has 132 valence electrons. The highest BCUT2D eigenvalue weighted by Gasteiger charge is 2.31. The first-order valence-corrected chi connectivity index (χ1v) is 9.09. The lowest BCUT2D eigenvalue weighted by Crippen LogP contribution is -2.51. The Morgan fingerprint density at radius 2 is 1.88 bits per heavy atom. The number of hydrogen-bond donors (Lipinski definition) is 2. The molecule has 2 N–H and O–H groups in total. The highest BCUT2D eigenvalue weighted by molar-refractivity contribution is 5.78. The SMILES string of the molecule is CC1(CN2CCN(CC(=O)NCc3ccccc3)CC2)CCNC1. The summed E-state index contributed by atoms with van der Waals surface area (Å²) in [7, 11) is 0.